The number of carbonyl (C=O) groups is 1. The molecule has 0 saturated carbocycles. The molecule has 0 aliphatic carbocycles. The Balaban J connectivity index is 2.19. The number of hydrogen-bond donors (Lipinski definition) is 0. The molecular weight excluding hydrogens is 416 g/mol. The number of hydrogen-bond acceptors (Lipinski definition) is 3. The highest BCUT2D eigenvalue weighted by Gasteiger charge is 2.18. The van der Waals surface area contributed by atoms with Gasteiger partial charge in [0.25, 0.3) is 0 Å². The molecule has 0 N–H and O–H groups in total. The van der Waals surface area contributed by atoms with Crippen molar-refractivity contribution >= 4 is 12.0 Å². The fourth-order valence-electron chi connectivity index (χ4n) is 2.49. The Bertz CT molecular complexity index is 919. The third-order valence-electron chi connectivity index (χ3n) is 4.19. The minimum atomic E-state index is -3.23. The van der Waals surface area contributed by atoms with Crippen LogP contribution < -0.4 is 9.47 Å². The van der Waals surface area contributed by atoms with E-state index in [2.05, 4.69) is 9.47 Å². The molecule has 1 unspecified atom stereocenters. The van der Waals surface area contributed by atoms with Crippen LogP contribution >= 0.6 is 0 Å². The minimum absolute atomic E-state index is 0.0131. The van der Waals surface area contributed by atoms with Crippen LogP contribution in [0.15, 0.2) is 42.5 Å². The maximum Gasteiger partial charge on any atom is 0.387 e. The number of likely N-dealkylation sites (N-methyl/N-ethyl adjacent to an activating group) is 1. The van der Waals surface area contributed by atoms with E-state index in [4.69, 9.17) is 0 Å². The normalized spacial score (nSPS) is 12.5. The van der Waals surface area contributed by atoms with E-state index < -0.39 is 48.3 Å². The molecular formula is C20H17F6NO3. The molecule has 0 aromatic heterocycles. The van der Waals surface area contributed by atoms with E-state index in [-0.39, 0.29) is 5.56 Å². The van der Waals surface area contributed by atoms with Crippen LogP contribution in [0.4, 0.5) is 26.3 Å². The zero-order valence-corrected chi connectivity index (χ0v) is 15.8. The summed E-state index contributed by atoms with van der Waals surface area (Å²) in [5.41, 5.74) is 0.354. The number of ether oxygens (including phenoxy) is 2. The molecule has 0 radical (unpaired) electrons. The molecule has 4 nitrogen and oxygen atoms in total. The van der Waals surface area contributed by atoms with Gasteiger partial charge in [0.1, 0.15) is 11.5 Å². The molecule has 0 aliphatic rings. The van der Waals surface area contributed by atoms with Crippen molar-refractivity contribution in [3.8, 4) is 11.5 Å². The smallest absolute Gasteiger partial charge is 0.387 e. The third-order valence-corrected chi connectivity index (χ3v) is 4.19. The molecule has 2 aromatic carbocycles. The Morgan fingerprint density at radius 1 is 0.967 bits per heavy atom. The SMILES string of the molecule is CC(c1ccc(F)c(F)c1)N(C)C(=O)/C=C/c1ccc(OC(F)F)cc1OC(F)F. The maximum atomic E-state index is 13.4. The van der Waals surface area contributed by atoms with Gasteiger partial charge in [-0.1, -0.05) is 6.07 Å². The second-order valence-electron chi connectivity index (χ2n) is 6.09. The van der Waals surface area contributed by atoms with E-state index in [0.717, 1.165) is 42.5 Å². The minimum Gasteiger partial charge on any atom is -0.435 e. The van der Waals surface area contributed by atoms with Crippen molar-refractivity contribution in [2.24, 2.45) is 0 Å². The molecule has 30 heavy (non-hydrogen) atoms. The summed E-state index contributed by atoms with van der Waals surface area (Å²) in [7, 11) is 1.41. The van der Waals surface area contributed by atoms with Crippen molar-refractivity contribution in [2.75, 3.05) is 7.05 Å². The van der Waals surface area contributed by atoms with Crippen molar-refractivity contribution < 1.29 is 40.6 Å². The van der Waals surface area contributed by atoms with Gasteiger partial charge in [0, 0.05) is 24.8 Å². The monoisotopic (exact) mass is 433 g/mol. The summed E-state index contributed by atoms with van der Waals surface area (Å²) in [6.45, 7) is -4.80. The topological polar surface area (TPSA) is 38.8 Å². The summed E-state index contributed by atoms with van der Waals surface area (Å²) in [6, 6.07) is 5.70. The van der Waals surface area contributed by atoms with Crippen LogP contribution in [0, 0.1) is 11.6 Å². The van der Waals surface area contributed by atoms with Gasteiger partial charge in [0.15, 0.2) is 11.6 Å². The first kappa shape index (κ1) is 23.1. The number of rotatable bonds is 8. The van der Waals surface area contributed by atoms with Gasteiger partial charge in [-0.2, -0.15) is 17.6 Å². The highest BCUT2D eigenvalue weighted by atomic mass is 19.3. The average Bonchev–Trinajstić information content (AvgIpc) is 2.67. The predicted molar refractivity (Wildman–Crippen MR) is 96.3 cm³/mol. The van der Waals surface area contributed by atoms with Gasteiger partial charge in [0.2, 0.25) is 5.91 Å². The summed E-state index contributed by atoms with van der Waals surface area (Å²) in [6.07, 6.45) is 2.19. The molecule has 0 spiro atoms. The fraction of sp³-hybridized carbons (Fsp3) is 0.250. The van der Waals surface area contributed by atoms with E-state index in [1.807, 2.05) is 0 Å². The number of carbonyl (C=O) groups excluding carboxylic acids is 1. The lowest BCUT2D eigenvalue weighted by Gasteiger charge is -2.24. The number of nitrogens with zero attached hydrogens (tertiary/aromatic N) is 1. The van der Waals surface area contributed by atoms with E-state index >= 15 is 0 Å². The Kier molecular flexibility index (Phi) is 7.73. The van der Waals surface area contributed by atoms with Crippen LogP contribution in [0.2, 0.25) is 0 Å². The zero-order valence-electron chi connectivity index (χ0n) is 15.8. The van der Waals surface area contributed by atoms with Crippen LogP contribution in [-0.2, 0) is 4.79 Å². The number of halogens is 6. The van der Waals surface area contributed by atoms with E-state index in [0.29, 0.717) is 5.56 Å². The quantitative estimate of drug-likeness (QED) is 0.413. The zero-order chi connectivity index (χ0) is 22.4. The fourth-order valence-corrected chi connectivity index (χ4v) is 2.49. The molecule has 2 aromatic rings. The lowest BCUT2D eigenvalue weighted by molar-refractivity contribution is -0.126. The molecule has 0 fully saturated rings. The van der Waals surface area contributed by atoms with Crippen molar-refractivity contribution in [3.63, 3.8) is 0 Å². The second kappa shape index (κ2) is 10.0. The third kappa shape index (κ3) is 6.16. The standard InChI is InChI=1S/C20H17F6NO3/c1-11(13-4-7-15(21)16(22)9-13)27(2)18(28)8-5-12-3-6-14(29-19(23)24)10-17(12)30-20(25)26/h3-11,19-20H,1-2H3/b8-5+. The van der Waals surface area contributed by atoms with Crippen molar-refractivity contribution in [1.82, 2.24) is 4.90 Å². The van der Waals surface area contributed by atoms with E-state index in [1.165, 1.54) is 18.0 Å². The molecule has 0 bridgehead atoms. The Labute approximate surface area is 168 Å². The van der Waals surface area contributed by atoms with Gasteiger partial charge >= 0.3 is 13.2 Å². The second-order valence-corrected chi connectivity index (χ2v) is 6.09. The number of amides is 1. The molecule has 0 aliphatic heterocycles. The first-order chi connectivity index (χ1) is 14.1. The van der Waals surface area contributed by atoms with Gasteiger partial charge in [-0.3, -0.25) is 4.79 Å². The van der Waals surface area contributed by atoms with Crippen LogP contribution in [0.5, 0.6) is 11.5 Å². The largest absolute Gasteiger partial charge is 0.435 e. The van der Waals surface area contributed by atoms with Crippen molar-refractivity contribution in [3.05, 3.63) is 65.2 Å². The van der Waals surface area contributed by atoms with Crippen LogP contribution in [0.1, 0.15) is 24.1 Å². The van der Waals surface area contributed by atoms with Gasteiger partial charge in [-0.25, -0.2) is 8.78 Å². The summed E-state index contributed by atoms with van der Waals surface area (Å²) < 4.78 is 84.7. The highest BCUT2D eigenvalue weighted by molar-refractivity contribution is 5.92. The molecule has 1 atom stereocenters. The van der Waals surface area contributed by atoms with Gasteiger partial charge in [-0.05, 0) is 42.8 Å². The van der Waals surface area contributed by atoms with Crippen LogP contribution in [-0.4, -0.2) is 31.1 Å². The molecule has 10 heteroatoms. The first-order valence-corrected chi connectivity index (χ1v) is 8.52. The summed E-state index contributed by atoms with van der Waals surface area (Å²) in [5, 5.41) is 0. The highest BCUT2D eigenvalue weighted by Crippen LogP contribution is 2.29. The molecule has 0 saturated heterocycles. The van der Waals surface area contributed by atoms with Crippen LogP contribution in [0.25, 0.3) is 6.08 Å². The lowest BCUT2D eigenvalue weighted by Crippen LogP contribution is -2.28. The van der Waals surface area contributed by atoms with Gasteiger partial charge < -0.3 is 14.4 Å². The molecule has 1 amide bonds. The maximum absolute atomic E-state index is 13.4. The molecule has 2 rings (SSSR count). The van der Waals surface area contributed by atoms with E-state index in [9.17, 15) is 31.1 Å². The lowest BCUT2D eigenvalue weighted by atomic mass is 10.1. The number of alkyl halides is 4. The van der Waals surface area contributed by atoms with Gasteiger partial charge in [-0.15, -0.1) is 0 Å². The Morgan fingerprint density at radius 2 is 1.63 bits per heavy atom. The molecule has 0 heterocycles. The van der Waals surface area contributed by atoms with E-state index in [1.54, 1.807) is 6.92 Å². The molecule has 162 valence electrons. The van der Waals surface area contributed by atoms with Gasteiger partial charge in [0.05, 0.1) is 6.04 Å². The summed E-state index contributed by atoms with van der Waals surface area (Å²) in [5.74, 6) is -3.53. The predicted octanol–water partition coefficient (Wildman–Crippen LogP) is 5.40. The van der Waals surface area contributed by atoms with Crippen molar-refractivity contribution in [2.45, 2.75) is 26.2 Å². The van der Waals surface area contributed by atoms with Crippen molar-refractivity contribution in [1.29, 1.82) is 0 Å². The Hall–Kier alpha value is -3.17. The average molecular weight is 433 g/mol. The van der Waals surface area contributed by atoms with Crippen LogP contribution in [0.3, 0.4) is 0 Å². The Morgan fingerprint density at radius 3 is 2.23 bits per heavy atom. The summed E-state index contributed by atoms with van der Waals surface area (Å²) in [4.78, 5) is 13.6. The first-order valence-electron chi connectivity index (χ1n) is 8.52. The summed E-state index contributed by atoms with van der Waals surface area (Å²) >= 11 is 0. The number of benzene rings is 2.